The number of hydrogen-bond acceptors (Lipinski definition) is 6. The molecule has 1 aromatic heterocycles. The van der Waals surface area contributed by atoms with Crippen molar-refractivity contribution >= 4 is 45.3 Å². The molecule has 8 heteroatoms. The van der Waals surface area contributed by atoms with Crippen LogP contribution in [0.15, 0.2) is 47.4 Å². The molecule has 0 saturated carbocycles. The van der Waals surface area contributed by atoms with Crippen molar-refractivity contribution in [3.8, 4) is 0 Å². The minimum absolute atomic E-state index is 0.000218. The van der Waals surface area contributed by atoms with Gasteiger partial charge in [-0.1, -0.05) is 41.7 Å². The monoisotopic (exact) mass is 346 g/mol. The summed E-state index contributed by atoms with van der Waals surface area (Å²) in [7, 11) is 0. The van der Waals surface area contributed by atoms with Crippen molar-refractivity contribution in [3.05, 3.63) is 67.9 Å². The highest BCUT2D eigenvalue weighted by Gasteiger charge is 2.35. The molecule has 1 aromatic carbocycles. The topological polar surface area (TPSA) is 80.5 Å². The molecule has 0 bridgehead atoms. The van der Waals surface area contributed by atoms with Crippen molar-refractivity contribution in [2.24, 2.45) is 0 Å². The molecule has 2 heterocycles. The van der Waals surface area contributed by atoms with Crippen LogP contribution in [0.5, 0.6) is 0 Å². The fourth-order valence-electron chi connectivity index (χ4n) is 2.05. The van der Waals surface area contributed by atoms with Gasteiger partial charge in [0.1, 0.15) is 0 Å². The molecule has 0 spiro atoms. The Labute approximate surface area is 139 Å². The van der Waals surface area contributed by atoms with Crippen LogP contribution in [0.2, 0.25) is 0 Å². The van der Waals surface area contributed by atoms with Gasteiger partial charge in [-0.3, -0.25) is 24.6 Å². The summed E-state index contributed by atoms with van der Waals surface area (Å²) in [5.41, 5.74) is 0.864. The first kappa shape index (κ1) is 15.4. The van der Waals surface area contributed by atoms with Gasteiger partial charge >= 0.3 is 5.00 Å². The van der Waals surface area contributed by atoms with Crippen LogP contribution in [-0.2, 0) is 11.3 Å². The maximum absolute atomic E-state index is 12.4. The van der Waals surface area contributed by atoms with Crippen LogP contribution in [0.4, 0.5) is 9.80 Å². The first-order valence-corrected chi connectivity index (χ1v) is 8.21. The molecule has 0 aliphatic carbocycles. The highest BCUT2D eigenvalue weighted by molar-refractivity contribution is 8.18. The van der Waals surface area contributed by atoms with Gasteiger partial charge in [0.05, 0.1) is 16.4 Å². The summed E-state index contributed by atoms with van der Waals surface area (Å²) in [5, 5.41) is 10.3. The Hall–Kier alpha value is -2.45. The second kappa shape index (κ2) is 6.35. The van der Waals surface area contributed by atoms with Gasteiger partial charge in [0.25, 0.3) is 11.1 Å². The highest BCUT2D eigenvalue weighted by Crippen LogP contribution is 2.35. The van der Waals surface area contributed by atoms with Crippen molar-refractivity contribution in [1.82, 2.24) is 4.90 Å². The number of thioether (sulfide) groups is 1. The number of carbonyl (C=O) groups is 2. The molecule has 1 saturated heterocycles. The van der Waals surface area contributed by atoms with E-state index in [1.54, 1.807) is 6.07 Å². The third-order valence-corrected chi connectivity index (χ3v) is 5.01. The van der Waals surface area contributed by atoms with E-state index in [-0.39, 0.29) is 27.6 Å². The van der Waals surface area contributed by atoms with E-state index in [2.05, 4.69) is 0 Å². The van der Waals surface area contributed by atoms with Gasteiger partial charge in [-0.05, 0) is 29.5 Å². The number of amides is 2. The van der Waals surface area contributed by atoms with Crippen molar-refractivity contribution in [2.75, 3.05) is 0 Å². The molecule has 6 nitrogen and oxygen atoms in total. The zero-order valence-electron chi connectivity index (χ0n) is 11.7. The summed E-state index contributed by atoms with van der Waals surface area (Å²) < 4.78 is 0. The molecule has 2 amide bonds. The number of benzene rings is 1. The van der Waals surface area contributed by atoms with Crippen LogP contribution >= 0.6 is 23.1 Å². The molecule has 23 heavy (non-hydrogen) atoms. The Bertz CT molecular complexity index is 814. The first-order chi connectivity index (χ1) is 11.0. The minimum atomic E-state index is -0.483. The lowest BCUT2D eigenvalue weighted by Crippen LogP contribution is -2.27. The van der Waals surface area contributed by atoms with Crippen LogP contribution in [0.3, 0.4) is 0 Å². The van der Waals surface area contributed by atoms with Crippen LogP contribution < -0.4 is 0 Å². The molecule has 0 atom stereocenters. The van der Waals surface area contributed by atoms with E-state index in [0.717, 1.165) is 28.7 Å². The normalized spacial score (nSPS) is 16.3. The average molecular weight is 346 g/mol. The third kappa shape index (κ3) is 3.33. The second-order valence-electron chi connectivity index (χ2n) is 4.69. The summed E-state index contributed by atoms with van der Waals surface area (Å²) in [6.07, 6.45) is 1.52. The molecule has 0 unspecified atom stereocenters. The molecule has 0 radical (unpaired) electrons. The number of carbonyl (C=O) groups excluding carboxylic acids is 2. The summed E-state index contributed by atoms with van der Waals surface area (Å²) in [5.74, 6) is -0.375. The Kier molecular flexibility index (Phi) is 4.26. The summed E-state index contributed by atoms with van der Waals surface area (Å²) in [6.45, 7) is 0.216. The van der Waals surface area contributed by atoms with Crippen LogP contribution in [0.25, 0.3) is 6.08 Å². The Morgan fingerprint density at radius 1 is 1.13 bits per heavy atom. The number of thiophene rings is 1. The fraction of sp³-hybridized carbons (Fsp3) is 0.0667. The zero-order chi connectivity index (χ0) is 16.4. The summed E-state index contributed by atoms with van der Waals surface area (Å²) >= 11 is 1.81. The van der Waals surface area contributed by atoms with Gasteiger partial charge in [0, 0.05) is 10.9 Å². The van der Waals surface area contributed by atoms with Crippen molar-refractivity contribution in [3.63, 3.8) is 0 Å². The number of nitro groups is 1. The Balaban J connectivity index is 1.80. The number of imide groups is 1. The molecule has 1 aliphatic rings. The van der Waals surface area contributed by atoms with E-state index in [4.69, 9.17) is 0 Å². The largest absolute Gasteiger partial charge is 0.324 e. The fourth-order valence-corrected chi connectivity index (χ4v) is 3.72. The SMILES string of the molecule is O=C1S/C(=C\c2ccc([N+](=O)[O-])s2)C(=O)N1Cc1ccccc1. The van der Waals surface area contributed by atoms with Gasteiger partial charge in [-0.2, -0.15) is 0 Å². The third-order valence-electron chi connectivity index (χ3n) is 3.12. The van der Waals surface area contributed by atoms with Crippen molar-refractivity contribution < 1.29 is 14.5 Å². The van der Waals surface area contributed by atoms with E-state index in [1.807, 2.05) is 30.3 Å². The number of rotatable bonds is 4. The van der Waals surface area contributed by atoms with Gasteiger partial charge in [-0.15, -0.1) is 0 Å². The second-order valence-corrected chi connectivity index (χ2v) is 6.77. The van der Waals surface area contributed by atoms with Gasteiger partial charge in [0.2, 0.25) is 0 Å². The van der Waals surface area contributed by atoms with Crippen LogP contribution in [-0.4, -0.2) is 21.0 Å². The molecule has 2 aromatic rings. The van der Waals surface area contributed by atoms with E-state index >= 15 is 0 Å². The van der Waals surface area contributed by atoms with E-state index < -0.39 is 4.92 Å². The standard InChI is InChI=1S/C15H10N2O4S2/c18-14-12(8-11-6-7-13(22-11)17(20)21)23-15(19)16(14)9-10-4-2-1-3-5-10/h1-8H,9H2/b12-8-. The zero-order valence-corrected chi connectivity index (χ0v) is 13.3. The van der Waals surface area contributed by atoms with E-state index in [1.165, 1.54) is 17.0 Å². The van der Waals surface area contributed by atoms with Crippen molar-refractivity contribution in [1.29, 1.82) is 0 Å². The smallest absolute Gasteiger partial charge is 0.268 e. The Morgan fingerprint density at radius 3 is 2.52 bits per heavy atom. The lowest BCUT2D eigenvalue weighted by Gasteiger charge is -2.11. The quantitative estimate of drug-likeness (QED) is 0.476. The minimum Gasteiger partial charge on any atom is -0.268 e. The number of nitrogens with zero attached hydrogens (tertiary/aromatic N) is 2. The highest BCUT2D eigenvalue weighted by atomic mass is 32.2. The van der Waals surface area contributed by atoms with Gasteiger partial charge in [0.15, 0.2) is 0 Å². The lowest BCUT2D eigenvalue weighted by atomic mass is 10.2. The maximum atomic E-state index is 12.4. The lowest BCUT2D eigenvalue weighted by molar-refractivity contribution is -0.380. The van der Waals surface area contributed by atoms with E-state index in [0.29, 0.717) is 4.88 Å². The molecule has 0 N–H and O–H groups in total. The van der Waals surface area contributed by atoms with E-state index in [9.17, 15) is 19.7 Å². The molecule has 3 rings (SSSR count). The average Bonchev–Trinajstić information content (AvgIpc) is 3.10. The van der Waals surface area contributed by atoms with Gasteiger partial charge in [-0.25, -0.2) is 0 Å². The summed E-state index contributed by atoms with van der Waals surface area (Å²) in [4.78, 5) is 36.6. The van der Waals surface area contributed by atoms with Crippen molar-refractivity contribution in [2.45, 2.75) is 6.54 Å². The number of hydrogen-bond donors (Lipinski definition) is 0. The molecule has 1 aliphatic heterocycles. The molecular formula is C15H10N2O4S2. The molecule has 1 fully saturated rings. The predicted molar refractivity (Wildman–Crippen MR) is 88.9 cm³/mol. The van der Waals surface area contributed by atoms with Crippen LogP contribution in [0, 0.1) is 10.1 Å². The maximum Gasteiger partial charge on any atom is 0.324 e. The predicted octanol–water partition coefficient (Wildman–Crippen LogP) is 3.89. The molecular weight excluding hydrogens is 336 g/mol. The van der Waals surface area contributed by atoms with Gasteiger partial charge < -0.3 is 0 Å². The Morgan fingerprint density at radius 2 is 1.87 bits per heavy atom. The van der Waals surface area contributed by atoms with Crippen LogP contribution in [0.1, 0.15) is 10.4 Å². The molecule has 116 valence electrons. The first-order valence-electron chi connectivity index (χ1n) is 6.58. The summed E-state index contributed by atoms with van der Waals surface area (Å²) in [6, 6.07) is 12.2.